The number of methoxy groups -OCH3 is 1. The third kappa shape index (κ3) is 2.10. The van der Waals surface area contributed by atoms with Crippen LogP contribution in [-0.2, 0) is 4.79 Å². The smallest absolute Gasteiger partial charge is 0.220 e. The van der Waals surface area contributed by atoms with Crippen LogP contribution in [-0.4, -0.2) is 37.7 Å². The van der Waals surface area contributed by atoms with Crippen molar-refractivity contribution in [1.29, 1.82) is 0 Å². The molecule has 1 fully saturated rings. The monoisotopic (exact) mass is 220 g/mol. The highest BCUT2D eigenvalue weighted by Gasteiger charge is 2.21. The molecule has 4 heteroatoms. The van der Waals surface area contributed by atoms with Gasteiger partial charge in [-0.3, -0.25) is 4.79 Å². The number of hydrogen-bond donors (Lipinski definition) is 0. The molecule has 1 aromatic carbocycles. The Kier molecular flexibility index (Phi) is 2.99. The van der Waals surface area contributed by atoms with Crippen molar-refractivity contribution in [2.75, 3.05) is 31.8 Å². The SMILES string of the molecule is COc1ccc(N2CCN(C(C)=O)C2)cc1. The summed E-state index contributed by atoms with van der Waals surface area (Å²) < 4.78 is 5.11. The van der Waals surface area contributed by atoms with Crippen molar-refractivity contribution in [2.45, 2.75) is 6.92 Å². The summed E-state index contributed by atoms with van der Waals surface area (Å²) in [5.41, 5.74) is 1.13. The molecule has 0 atom stereocenters. The fourth-order valence-corrected chi connectivity index (χ4v) is 1.85. The molecule has 1 saturated heterocycles. The van der Waals surface area contributed by atoms with E-state index in [1.807, 2.05) is 29.2 Å². The predicted molar refractivity (Wildman–Crippen MR) is 62.6 cm³/mol. The molecule has 16 heavy (non-hydrogen) atoms. The van der Waals surface area contributed by atoms with Crippen LogP contribution in [0.5, 0.6) is 5.75 Å². The lowest BCUT2D eigenvalue weighted by molar-refractivity contribution is -0.127. The molecule has 1 aromatic rings. The molecule has 0 spiro atoms. The van der Waals surface area contributed by atoms with E-state index in [1.54, 1.807) is 14.0 Å². The second-order valence-electron chi connectivity index (χ2n) is 3.89. The van der Waals surface area contributed by atoms with Gasteiger partial charge in [0, 0.05) is 25.7 Å². The van der Waals surface area contributed by atoms with Crippen molar-refractivity contribution in [2.24, 2.45) is 0 Å². The number of carbonyl (C=O) groups is 1. The summed E-state index contributed by atoms with van der Waals surface area (Å²) in [5.74, 6) is 0.988. The Labute approximate surface area is 95.4 Å². The molecule has 0 N–H and O–H groups in total. The van der Waals surface area contributed by atoms with Crippen molar-refractivity contribution in [3.8, 4) is 5.75 Å². The van der Waals surface area contributed by atoms with Crippen LogP contribution in [0.25, 0.3) is 0 Å². The van der Waals surface area contributed by atoms with Gasteiger partial charge in [-0.25, -0.2) is 0 Å². The van der Waals surface area contributed by atoms with Crippen LogP contribution in [0.3, 0.4) is 0 Å². The minimum Gasteiger partial charge on any atom is -0.497 e. The molecule has 0 radical (unpaired) electrons. The molecule has 0 unspecified atom stereocenters. The highest BCUT2D eigenvalue weighted by molar-refractivity contribution is 5.74. The molecule has 0 aliphatic carbocycles. The van der Waals surface area contributed by atoms with Crippen LogP contribution in [0.1, 0.15) is 6.92 Å². The topological polar surface area (TPSA) is 32.8 Å². The van der Waals surface area contributed by atoms with Gasteiger partial charge < -0.3 is 14.5 Å². The largest absolute Gasteiger partial charge is 0.497 e. The van der Waals surface area contributed by atoms with E-state index in [0.29, 0.717) is 6.67 Å². The number of ether oxygens (including phenoxy) is 1. The van der Waals surface area contributed by atoms with Gasteiger partial charge in [-0.05, 0) is 24.3 Å². The average Bonchev–Trinajstić information content (AvgIpc) is 2.78. The fraction of sp³-hybridized carbons (Fsp3) is 0.417. The Morgan fingerprint density at radius 1 is 1.25 bits per heavy atom. The van der Waals surface area contributed by atoms with Crippen LogP contribution in [0.4, 0.5) is 5.69 Å². The second kappa shape index (κ2) is 4.43. The van der Waals surface area contributed by atoms with E-state index in [0.717, 1.165) is 24.5 Å². The van der Waals surface area contributed by atoms with Gasteiger partial charge >= 0.3 is 0 Å². The van der Waals surface area contributed by atoms with E-state index in [9.17, 15) is 4.79 Å². The molecular formula is C12H16N2O2. The van der Waals surface area contributed by atoms with Gasteiger partial charge in [0.25, 0.3) is 0 Å². The molecular weight excluding hydrogens is 204 g/mol. The minimum absolute atomic E-state index is 0.135. The Morgan fingerprint density at radius 2 is 1.94 bits per heavy atom. The lowest BCUT2D eigenvalue weighted by Crippen LogP contribution is -2.28. The molecule has 4 nitrogen and oxygen atoms in total. The third-order valence-corrected chi connectivity index (χ3v) is 2.86. The summed E-state index contributed by atoms with van der Waals surface area (Å²) in [4.78, 5) is 15.2. The molecule has 0 saturated carbocycles. The summed E-state index contributed by atoms with van der Waals surface area (Å²) in [6, 6.07) is 7.91. The molecule has 1 aliphatic rings. The van der Waals surface area contributed by atoms with E-state index in [1.165, 1.54) is 0 Å². The summed E-state index contributed by atoms with van der Waals surface area (Å²) in [5, 5.41) is 0. The van der Waals surface area contributed by atoms with Gasteiger partial charge in [0.2, 0.25) is 5.91 Å². The highest BCUT2D eigenvalue weighted by Crippen LogP contribution is 2.21. The Morgan fingerprint density at radius 3 is 2.44 bits per heavy atom. The van der Waals surface area contributed by atoms with Crippen LogP contribution in [0, 0.1) is 0 Å². The van der Waals surface area contributed by atoms with Gasteiger partial charge in [-0.2, -0.15) is 0 Å². The first kappa shape index (κ1) is 10.8. The van der Waals surface area contributed by atoms with E-state index in [2.05, 4.69) is 4.90 Å². The van der Waals surface area contributed by atoms with Gasteiger partial charge in [0.05, 0.1) is 13.8 Å². The van der Waals surface area contributed by atoms with Crippen molar-refractivity contribution >= 4 is 11.6 Å². The molecule has 1 heterocycles. The van der Waals surface area contributed by atoms with Crippen LogP contribution in [0.2, 0.25) is 0 Å². The predicted octanol–water partition coefficient (Wildman–Crippen LogP) is 1.32. The Hall–Kier alpha value is -1.71. The summed E-state index contributed by atoms with van der Waals surface area (Å²) in [6.45, 7) is 3.99. The summed E-state index contributed by atoms with van der Waals surface area (Å²) in [7, 11) is 1.66. The maximum Gasteiger partial charge on any atom is 0.220 e. The third-order valence-electron chi connectivity index (χ3n) is 2.86. The van der Waals surface area contributed by atoms with Gasteiger partial charge in [-0.15, -0.1) is 0 Å². The zero-order valence-corrected chi connectivity index (χ0v) is 9.64. The first-order valence-electron chi connectivity index (χ1n) is 5.35. The van der Waals surface area contributed by atoms with Crippen molar-refractivity contribution in [3.05, 3.63) is 24.3 Å². The van der Waals surface area contributed by atoms with Crippen LogP contribution >= 0.6 is 0 Å². The van der Waals surface area contributed by atoms with E-state index in [4.69, 9.17) is 4.74 Å². The molecule has 1 aliphatic heterocycles. The maximum absolute atomic E-state index is 11.2. The molecule has 2 rings (SSSR count). The summed E-state index contributed by atoms with van der Waals surface area (Å²) in [6.07, 6.45) is 0. The lowest BCUT2D eigenvalue weighted by atomic mass is 10.3. The highest BCUT2D eigenvalue weighted by atomic mass is 16.5. The molecule has 86 valence electrons. The molecule has 1 amide bonds. The molecule has 0 bridgehead atoms. The average molecular weight is 220 g/mol. The van der Waals surface area contributed by atoms with Gasteiger partial charge in [0.1, 0.15) is 5.75 Å². The fourth-order valence-electron chi connectivity index (χ4n) is 1.85. The van der Waals surface area contributed by atoms with Gasteiger partial charge in [-0.1, -0.05) is 0 Å². The Bertz CT molecular complexity index is 375. The maximum atomic E-state index is 11.2. The van der Waals surface area contributed by atoms with Crippen LogP contribution in [0.15, 0.2) is 24.3 Å². The summed E-state index contributed by atoms with van der Waals surface area (Å²) >= 11 is 0. The van der Waals surface area contributed by atoms with E-state index in [-0.39, 0.29) is 5.91 Å². The first-order chi connectivity index (χ1) is 7.70. The number of benzene rings is 1. The molecule has 0 aromatic heterocycles. The van der Waals surface area contributed by atoms with E-state index < -0.39 is 0 Å². The normalized spacial score (nSPS) is 15.4. The standard InChI is InChI=1S/C12H16N2O2/c1-10(15)13-7-8-14(9-13)11-3-5-12(16-2)6-4-11/h3-6H,7-9H2,1-2H3. The van der Waals surface area contributed by atoms with Crippen molar-refractivity contribution < 1.29 is 9.53 Å². The van der Waals surface area contributed by atoms with Gasteiger partial charge in [0.15, 0.2) is 0 Å². The lowest BCUT2D eigenvalue weighted by Gasteiger charge is -2.19. The number of amides is 1. The number of nitrogens with zero attached hydrogens (tertiary/aromatic N) is 2. The van der Waals surface area contributed by atoms with Crippen molar-refractivity contribution in [1.82, 2.24) is 4.90 Å². The number of carbonyl (C=O) groups excluding carboxylic acids is 1. The number of anilines is 1. The zero-order chi connectivity index (χ0) is 11.5. The van der Waals surface area contributed by atoms with Crippen molar-refractivity contribution in [3.63, 3.8) is 0 Å². The quantitative estimate of drug-likeness (QED) is 0.753. The number of rotatable bonds is 2. The second-order valence-corrected chi connectivity index (χ2v) is 3.89. The minimum atomic E-state index is 0.135. The first-order valence-corrected chi connectivity index (χ1v) is 5.35. The van der Waals surface area contributed by atoms with E-state index >= 15 is 0 Å². The van der Waals surface area contributed by atoms with Crippen LogP contribution < -0.4 is 9.64 Å². The Balaban J connectivity index is 2.05. The zero-order valence-electron chi connectivity index (χ0n) is 9.64. The number of hydrogen-bond acceptors (Lipinski definition) is 3.